The van der Waals surface area contributed by atoms with Gasteiger partial charge in [0, 0.05) is 26.6 Å². The molecule has 2 aromatic heterocycles. The number of thiophene rings is 1. The number of aromatic amines is 1. The van der Waals surface area contributed by atoms with E-state index in [1.807, 2.05) is 60.7 Å². The van der Waals surface area contributed by atoms with Crippen LogP contribution in [0.5, 0.6) is 5.75 Å². The van der Waals surface area contributed by atoms with Crippen LogP contribution in [-0.4, -0.2) is 15.9 Å². The van der Waals surface area contributed by atoms with Crippen molar-refractivity contribution in [2.45, 2.75) is 0 Å². The molecule has 6 heteroatoms. The second kappa shape index (κ2) is 7.40. The van der Waals surface area contributed by atoms with Gasteiger partial charge in [-0.15, -0.1) is 11.3 Å². The van der Waals surface area contributed by atoms with Crippen molar-refractivity contribution in [1.82, 2.24) is 4.98 Å². The number of rotatable bonds is 4. The van der Waals surface area contributed by atoms with Crippen LogP contribution in [0.25, 0.3) is 32.5 Å². The maximum absolute atomic E-state index is 13.3. The smallest absolute Gasteiger partial charge is 0.304 e. The number of hydrogen-bond acceptors (Lipinski definition) is 5. The van der Waals surface area contributed by atoms with Gasteiger partial charge in [0.05, 0.1) is 10.6 Å². The highest BCUT2D eigenvalue weighted by Gasteiger charge is 2.21. The summed E-state index contributed by atoms with van der Waals surface area (Å²) in [7, 11) is 0. The van der Waals surface area contributed by atoms with Gasteiger partial charge < -0.3 is 10.1 Å². The fourth-order valence-corrected chi connectivity index (χ4v) is 5.30. The number of H-pyrrole nitrogens is 1. The zero-order valence-corrected chi connectivity index (χ0v) is 17.2. The number of carbonyl (C=O) groups is 1. The van der Waals surface area contributed by atoms with Gasteiger partial charge in [-0.3, -0.25) is 9.59 Å². The Labute approximate surface area is 179 Å². The van der Waals surface area contributed by atoms with E-state index in [1.54, 1.807) is 17.5 Å². The van der Waals surface area contributed by atoms with E-state index in [0.717, 1.165) is 43.8 Å². The Morgan fingerprint density at radius 2 is 1.63 bits per heavy atom. The van der Waals surface area contributed by atoms with E-state index in [-0.39, 0.29) is 16.4 Å². The van der Waals surface area contributed by atoms with Crippen molar-refractivity contribution < 1.29 is 9.90 Å². The standard InChI is InChI=1S/C24H15NO3S2/c26-17-10-11-18-20(12-17)30-23(22(27)16-4-2-1-3-5-16)21(18)15-8-6-14(7-9-15)19-13-29-24(28)25-19/h1-13,26H,(H,25,28). The molecule has 0 aliphatic heterocycles. The second-order valence-corrected chi connectivity index (χ2v) is 8.72. The zero-order valence-electron chi connectivity index (χ0n) is 15.6. The average molecular weight is 430 g/mol. The Balaban J connectivity index is 1.67. The number of carbonyl (C=O) groups excluding carboxylic acids is 1. The summed E-state index contributed by atoms with van der Waals surface area (Å²) in [6.07, 6.45) is 0. The minimum Gasteiger partial charge on any atom is -0.508 e. The van der Waals surface area contributed by atoms with Gasteiger partial charge in [-0.2, -0.15) is 0 Å². The van der Waals surface area contributed by atoms with Crippen LogP contribution in [-0.2, 0) is 0 Å². The first kappa shape index (κ1) is 18.5. The van der Waals surface area contributed by atoms with Crippen molar-refractivity contribution in [1.29, 1.82) is 0 Å². The largest absolute Gasteiger partial charge is 0.508 e. The number of hydrogen-bond donors (Lipinski definition) is 2. The minimum absolute atomic E-state index is 0.0440. The molecule has 0 unspecified atom stereocenters. The van der Waals surface area contributed by atoms with Crippen LogP contribution in [0.1, 0.15) is 15.2 Å². The molecule has 0 fully saturated rings. The molecular formula is C24H15NO3S2. The predicted molar refractivity (Wildman–Crippen MR) is 123 cm³/mol. The quantitative estimate of drug-likeness (QED) is 0.348. The van der Waals surface area contributed by atoms with E-state index in [9.17, 15) is 14.7 Å². The molecule has 0 spiro atoms. The van der Waals surface area contributed by atoms with Gasteiger partial charge in [-0.1, -0.05) is 65.9 Å². The van der Waals surface area contributed by atoms with Gasteiger partial charge in [-0.05, 0) is 29.3 Å². The normalized spacial score (nSPS) is 11.1. The van der Waals surface area contributed by atoms with Crippen LogP contribution in [0.4, 0.5) is 0 Å². The van der Waals surface area contributed by atoms with Crippen molar-refractivity contribution in [2.24, 2.45) is 0 Å². The SMILES string of the molecule is O=C(c1ccccc1)c1sc2cc(O)ccc2c1-c1ccc(-c2csc(=O)[nH]2)cc1. The maximum Gasteiger partial charge on any atom is 0.304 e. The molecule has 146 valence electrons. The lowest BCUT2D eigenvalue weighted by molar-refractivity contribution is 0.104. The van der Waals surface area contributed by atoms with Gasteiger partial charge in [-0.25, -0.2) is 0 Å². The summed E-state index contributed by atoms with van der Waals surface area (Å²) < 4.78 is 0.857. The molecular weight excluding hydrogens is 414 g/mol. The van der Waals surface area contributed by atoms with E-state index < -0.39 is 0 Å². The topological polar surface area (TPSA) is 70.2 Å². The monoisotopic (exact) mass is 429 g/mol. The summed E-state index contributed by atoms with van der Waals surface area (Å²) in [5.41, 5.74) is 4.08. The molecule has 0 saturated carbocycles. The first-order valence-electron chi connectivity index (χ1n) is 9.24. The van der Waals surface area contributed by atoms with Crippen molar-refractivity contribution in [3.63, 3.8) is 0 Å². The Kier molecular flexibility index (Phi) is 4.58. The van der Waals surface area contributed by atoms with Crippen LogP contribution < -0.4 is 4.87 Å². The third-order valence-electron chi connectivity index (χ3n) is 4.92. The third-order valence-corrected chi connectivity index (χ3v) is 6.74. The molecule has 0 bridgehead atoms. The molecule has 0 aliphatic rings. The van der Waals surface area contributed by atoms with Crippen molar-refractivity contribution >= 4 is 38.5 Å². The summed E-state index contributed by atoms with van der Waals surface area (Å²) >= 11 is 2.51. The van der Waals surface area contributed by atoms with Crippen LogP contribution >= 0.6 is 22.7 Å². The zero-order chi connectivity index (χ0) is 20.7. The molecule has 2 N–H and O–H groups in total. The fraction of sp³-hybridized carbons (Fsp3) is 0. The lowest BCUT2D eigenvalue weighted by atomic mass is 9.97. The predicted octanol–water partition coefficient (Wildman–Crippen LogP) is 5.92. The molecule has 5 aromatic rings. The summed E-state index contributed by atoms with van der Waals surface area (Å²) in [6, 6.07) is 22.2. The second-order valence-electron chi connectivity index (χ2n) is 6.82. The highest BCUT2D eigenvalue weighted by Crippen LogP contribution is 2.41. The number of nitrogens with one attached hydrogen (secondary N) is 1. The Morgan fingerprint density at radius 3 is 2.33 bits per heavy atom. The van der Waals surface area contributed by atoms with E-state index in [1.165, 1.54) is 11.3 Å². The summed E-state index contributed by atoms with van der Waals surface area (Å²) in [5, 5.41) is 12.6. The third kappa shape index (κ3) is 3.26. The highest BCUT2D eigenvalue weighted by molar-refractivity contribution is 7.21. The molecule has 0 saturated heterocycles. The van der Waals surface area contributed by atoms with Crippen molar-refractivity contribution in [3.05, 3.63) is 98.3 Å². The highest BCUT2D eigenvalue weighted by atomic mass is 32.1. The lowest BCUT2D eigenvalue weighted by Gasteiger charge is -2.07. The minimum atomic E-state index is -0.0894. The lowest BCUT2D eigenvalue weighted by Crippen LogP contribution is -2.00. The number of ketones is 1. The molecule has 3 aromatic carbocycles. The first-order chi connectivity index (χ1) is 14.6. The summed E-state index contributed by atoms with van der Waals surface area (Å²) in [5.74, 6) is 0.128. The molecule has 0 atom stereocenters. The van der Waals surface area contributed by atoms with Gasteiger partial charge in [0.15, 0.2) is 0 Å². The Morgan fingerprint density at radius 1 is 0.900 bits per heavy atom. The fourth-order valence-electron chi connectivity index (χ4n) is 3.49. The Hall–Kier alpha value is -3.48. The molecule has 0 amide bonds. The van der Waals surface area contributed by atoms with E-state index in [0.29, 0.717) is 10.4 Å². The number of phenols is 1. The van der Waals surface area contributed by atoms with Crippen LogP contribution in [0, 0.1) is 0 Å². The number of benzene rings is 3. The van der Waals surface area contributed by atoms with E-state index in [4.69, 9.17) is 0 Å². The molecule has 5 rings (SSSR count). The number of fused-ring (bicyclic) bond motifs is 1. The van der Waals surface area contributed by atoms with Gasteiger partial charge >= 0.3 is 4.87 Å². The molecule has 4 nitrogen and oxygen atoms in total. The van der Waals surface area contributed by atoms with E-state index >= 15 is 0 Å². The number of thiazole rings is 1. The van der Waals surface area contributed by atoms with Crippen LogP contribution in [0.3, 0.4) is 0 Å². The summed E-state index contributed by atoms with van der Waals surface area (Å²) in [6.45, 7) is 0. The van der Waals surface area contributed by atoms with E-state index in [2.05, 4.69) is 4.98 Å². The van der Waals surface area contributed by atoms with Gasteiger partial charge in [0.2, 0.25) is 5.78 Å². The molecule has 2 heterocycles. The van der Waals surface area contributed by atoms with Crippen LogP contribution in [0.15, 0.2) is 83.0 Å². The molecule has 0 aliphatic carbocycles. The first-order valence-corrected chi connectivity index (χ1v) is 10.9. The number of aromatic hydroxyl groups is 1. The number of phenolic OH excluding ortho intramolecular Hbond substituents is 1. The summed E-state index contributed by atoms with van der Waals surface area (Å²) in [4.78, 5) is 28.1. The maximum atomic E-state index is 13.3. The molecule has 30 heavy (non-hydrogen) atoms. The van der Waals surface area contributed by atoms with Gasteiger partial charge in [0.1, 0.15) is 5.75 Å². The Bertz CT molecular complexity index is 1430. The van der Waals surface area contributed by atoms with Crippen molar-refractivity contribution in [3.8, 4) is 28.1 Å². The van der Waals surface area contributed by atoms with Crippen LogP contribution in [0.2, 0.25) is 0 Å². The average Bonchev–Trinajstić information content (AvgIpc) is 3.37. The van der Waals surface area contributed by atoms with Crippen molar-refractivity contribution in [2.75, 3.05) is 0 Å². The number of aromatic nitrogens is 1. The van der Waals surface area contributed by atoms with Gasteiger partial charge in [0.25, 0.3) is 0 Å². The molecule has 0 radical (unpaired) electrons.